The highest BCUT2D eigenvalue weighted by Crippen LogP contribution is 2.40. The van der Waals surface area contributed by atoms with E-state index in [1.54, 1.807) is 6.92 Å². The number of aliphatic hydroxyl groups is 1. The lowest BCUT2D eigenvalue weighted by atomic mass is 9.76. The van der Waals surface area contributed by atoms with Gasteiger partial charge in [-0.3, -0.25) is 0 Å². The summed E-state index contributed by atoms with van der Waals surface area (Å²) in [4.78, 5) is 12.0. The van der Waals surface area contributed by atoms with Gasteiger partial charge < -0.3 is 9.84 Å². The van der Waals surface area contributed by atoms with Gasteiger partial charge in [0.1, 0.15) is 0 Å². The zero-order valence-electron chi connectivity index (χ0n) is 24.7. The van der Waals surface area contributed by atoms with Crippen LogP contribution in [0.3, 0.4) is 0 Å². The van der Waals surface area contributed by atoms with Crippen LogP contribution in [0.5, 0.6) is 0 Å². The largest absolute Gasteiger partial charge is 0.462 e. The van der Waals surface area contributed by atoms with Crippen LogP contribution in [0.4, 0.5) is 0 Å². The summed E-state index contributed by atoms with van der Waals surface area (Å²) in [5, 5.41) is 9.42. The van der Waals surface area contributed by atoms with E-state index in [0.717, 1.165) is 28.2 Å². The lowest BCUT2D eigenvalue weighted by Gasteiger charge is -2.29. The summed E-state index contributed by atoms with van der Waals surface area (Å²) >= 11 is 0. The van der Waals surface area contributed by atoms with Crippen molar-refractivity contribution in [3.05, 3.63) is 95.1 Å². The molecule has 0 unspecified atom stereocenters. The number of carbonyl (C=O) groups excluding carboxylic acids is 1. The quantitative estimate of drug-likeness (QED) is 0.142. The Morgan fingerprint density at radius 1 is 0.925 bits per heavy atom. The van der Waals surface area contributed by atoms with Crippen molar-refractivity contribution in [3.63, 3.8) is 0 Å². The number of aliphatic hydroxyl groups excluding tert-OH is 1. The number of rotatable bonds is 12. The van der Waals surface area contributed by atoms with Gasteiger partial charge in [0.25, 0.3) is 0 Å². The van der Waals surface area contributed by atoms with Gasteiger partial charge >= 0.3 is 5.97 Å². The van der Waals surface area contributed by atoms with Gasteiger partial charge in [0.05, 0.1) is 13.2 Å². The smallest absolute Gasteiger partial charge is 0.333 e. The molecule has 1 fully saturated rings. The van der Waals surface area contributed by atoms with E-state index in [4.69, 9.17) is 4.74 Å². The molecule has 0 aliphatic heterocycles. The van der Waals surface area contributed by atoms with Gasteiger partial charge in [-0.05, 0) is 95.9 Å². The monoisotopic (exact) mass is 538 g/mol. The van der Waals surface area contributed by atoms with Gasteiger partial charge in [0.2, 0.25) is 0 Å². The topological polar surface area (TPSA) is 46.5 Å². The van der Waals surface area contributed by atoms with Crippen molar-refractivity contribution in [2.75, 3.05) is 6.61 Å². The number of benzene rings is 3. The summed E-state index contributed by atoms with van der Waals surface area (Å²) in [6, 6.07) is 21.6. The second kappa shape index (κ2) is 14.5. The minimum atomic E-state index is -0.349. The molecule has 0 bridgehead atoms. The van der Waals surface area contributed by atoms with E-state index in [1.165, 1.54) is 73.6 Å². The Morgan fingerprint density at radius 3 is 2.27 bits per heavy atom. The molecule has 0 atom stereocenters. The summed E-state index contributed by atoms with van der Waals surface area (Å²) in [7, 11) is 0. The average molecular weight is 539 g/mol. The van der Waals surface area contributed by atoms with E-state index in [1.807, 2.05) is 24.3 Å². The summed E-state index contributed by atoms with van der Waals surface area (Å²) < 4.78 is 5.48. The fourth-order valence-corrected chi connectivity index (χ4v) is 6.13. The van der Waals surface area contributed by atoms with E-state index in [-0.39, 0.29) is 12.6 Å². The van der Waals surface area contributed by atoms with E-state index < -0.39 is 0 Å². The molecule has 1 aliphatic rings. The van der Waals surface area contributed by atoms with Crippen molar-refractivity contribution in [1.82, 2.24) is 0 Å². The number of ether oxygens (including phenoxy) is 1. The van der Waals surface area contributed by atoms with Crippen LogP contribution in [-0.4, -0.2) is 17.7 Å². The Bertz CT molecular complexity index is 1280. The van der Waals surface area contributed by atoms with Crippen molar-refractivity contribution in [1.29, 1.82) is 0 Å². The SMILES string of the molecule is C=C(C)C(=O)OCCc1cc(-c2ccc(CO)cc2)ccc1-c1ccc(C2CCC(CCCCC)CC2)cc1C. The number of carbonyl (C=O) groups is 1. The lowest BCUT2D eigenvalue weighted by molar-refractivity contribution is -0.138. The first kappa shape index (κ1) is 29.8. The standard InChI is InChI=1S/C37H46O3/c1-5-6-7-8-28-9-13-30(14-10-28)32-17-19-35(27(4)23-32)36-20-18-33(31-15-11-29(25-38)12-16-31)24-34(36)21-22-40-37(39)26(2)3/h11-12,15-20,23-24,28,30,38H,2,5-10,13-14,21-22,25H2,1,3-4H3. The van der Waals surface area contributed by atoms with Crippen LogP contribution in [0, 0.1) is 12.8 Å². The van der Waals surface area contributed by atoms with Crippen molar-refractivity contribution in [2.45, 2.75) is 91.1 Å². The van der Waals surface area contributed by atoms with Gasteiger partial charge in [0.15, 0.2) is 0 Å². The highest BCUT2D eigenvalue weighted by atomic mass is 16.5. The Balaban J connectivity index is 1.55. The molecular formula is C37H46O3. The second-order valence-electron chi connectivity index (χ2n) is 11.7. The number of unbranched alkanes of at least 4 members (excludes halogenated alkanes) is 2. The molecule has 0 amide bonds. The predicted molar refractivity (Wildman–Crippen MR) is 166 cm³/mol. The third kappa shape index (κ3) is 7.73. The first-order chi connectivity index (χ1) is 19.4. The summed E-state index contributed by atoms with van der Waals surface area (Å²) in [6.45, 7) is 10.2. The van der Waals surface area contributed by atoms with E-state index in [9.17, 15) is 9.90 Å². The van der Waals surface area contributed by atoms with Crippen molar-refractivity contribution >= 4 is 5.97 Å². The Morgan fingerprint density at radius 2 is 1.62 bits per heavy atom. The molecule has 3 nitrogen and oxygen atoms in total. The third-order valence-corrected chi connectivity index (χ3v) is 8.60. The van der Waals surface area contributed by atoms with E-state index in [0.29, 0.717) is 24.5 Å². The van der Waals surface area contributed by atoms with Crippen LogP contribution >= 0.6 is 0 Å². The molecule has 1 aliphatic carbocycles. The number of hydrogen-bond acceptors (Lipinski definition) is 3. The van der Waals surface area contributed by atoms with Gasteiger partial charge in [-0.25, -0.2) is 4.79 Å². The molecule has 3 aromatic carbocycles. The molecule has 40 heavy (non-hydrogen) atoms. The van der Waals surface area contributed by atoms with Gasteiger partial charge in [-0.1, -0.05) is 99.8 Å². The maximum absolute atomic E-state index is 12.0. The van der Waals surface area contributed by atoms with Crippen LogP contribution in [-0.2, 0) is 22.6 Å². The minimum absolute atomic E-state index is 0.0359. The molecule has 0 radical (unpaired) electrons. The molecule has 0 saturated heterocycles. The molecule has 3 aromatic rings. The lowest BCUT2D eigenvalue weighted by Crippen LogP contribution is -2.13. The first-order valence-corrected chi connectivity index (χ1v) is 15.2. The third-order valence-electron chi connectivity index (χ3n) is 8.60. The molecule has 1 N–H and O–H groups in total. The highest BCUT2D eigenvalue weighted by molar-refractivity contribution is 5.87. The Hall–Kier alpha value is -3.17. The zero-order valence-corrected chi connectivity index (χ0v) is 24.7. The second-order valence-corrected chi connectivity index (χ2v) is 11.7. The predicted octanol–water partition coefficient (Wildman–Crippen LogP) is 9.34. The van der Waals surface area contributed by atoms with Crippen LogP contribution in [0.2, 0.25) is 0 Å². The molecule has 4 rings (SSSR count). The molecule has 3 heteroatoms. The minimum Gasteiger partial charge on any atom is -0.462 e. The zero-order chi connectivity index (χ0) is 28.5. The maximum atomic E-state index is 12.0. The van der Waals surface area contributed by atoms with Crippen molar-refractivity contribution in [3.8, 4) is 22.3 Å². The molecule has 0 aromatic heterocycles. The van der Waals surface area contributed by atoms with Crippen LogP contribution in [0.15, 0.2) is 72.8 Å². The van der Waals surface area contributed by atoms with Gasteiger partial charge in [-0.2, -0.15) is 0 Å². The number of hydrogen-bond donors (Lipinski definition) is 1. The number of aryl methyl sites for hydroxylation is 1. The van der Waals surface area contributed by atoms with Crippen molar-refractivity contribution < 1.29 is 14.6 Å². The van der Waals surface area contributed by atoms with Gasteiger partial charge in [0, 0.05) is 12.0 Å². The van der Waals surface area contributed by atoms with Crippen molar-refractivity contribution in [2.24, 2.45) is 5.92 Å². The first-order valence-electron chi connectivity index (χ1n) is 15.2. The van der Waals surface area contributed by atoms with E-state index in [2.05, 4.69) is 56.8 Å². The van der Waals surface area contributed by atoms with Crippen LogP contribution in [0.1, 0.15) is 93.4 Å². The van der Waals surface area contributed by atoms with Crippen LogP contribution < -0.4 is 0 Å². The van der Waals surface area contributed by atoms with Gasteiger partial charge in [-0.15, -0.1) is 0 Å². The van der Waals surface area contributed by atoms with Crippen LogP contribution in [0.25, 0.3) is 22.3 Å². The summed E-state index contributed by atoms with van der Waals surface area (Å²) in [5.74, 6) is 1.24. The molecular weight excluding hydrogens is 492 g/mol. The van der Waals surface area contributed by atoms with E-state index >= 15 is 0 Å². The fourth-order valence-electron chi connectivity index (χ4n) is 6.13. The average Bonchev–Trinajstić information content (AvgIpc) is 2.97. The summed E-state index contributed by atoms with van der Waals surface area (Å²) in [6.07, 6.45) is 11.4. The molecule has 0 heterocycles. The Kier molecular flexibility index (Phi) is 10.8. The summed E-state index contributed by atoms with van der Waals surface area (Å²) in [5.41, 5.74) is 9.87. The maximum Gasteiger partial charge on any atom is 0.333 e. The normalized spacial score (nSPS) is 17.0. The fraction of sp³-hybridized carbons (Fsp3) is 0.432. The molecule has 1 saturated carbocycles. The molecule has 212 valence electrons. The number of esters is 1. The Labute approximate surface area is 241 Å². The highest BCUT2D eigenvalue weighted by Gasteiger charge is 2.23. The molecule has 0 spiro atoms.